The van der Waals surface area contributed by atoms with E-state index in [9.17, 15) is 10.1 Å². The SMILES string of the molecule is CN(C)CC[C@@H]1C(=O)N2[C@@H]1SC(C)(C)[C@@H]2C#N. The molecule has 4 nitrogen and oxygen atoms in total. The van der Waals surface area contributed by atoms with E-state index in [0.29, 0.717) is 0 Å². The summed E-state index contributed by atoms with van der Waals surface area (Å²) in [6.07, 6.45) is 0.897. The summed E-state index contributed by atoms with van der Waals surface area (Å²) in [5, 5.41) is 9.40. The Balaban J connectivity index is 2.06. The number of β-lactam (4-membered cyclic amide) rings is 1. The molecule has 2 rings (SSSR count). The predicted octanol–water partition coefficient (Wildman–Crippen LogP) is 1.14. The van der Waals surface area contributed by atoms with Gasteiger partial charge in [0.25, 0.3) is 0 Å². The minimum Gasteiger partial charge on any atom is -0.312 e. The van der Waals surface area contributed by atoms with Crippen molar-refractivity contribution in [2.24, 2.45) is 5.92 Å². The molecule has 1 amide bonds. The second-order valence-electron chi connectivity index (χ2n) is 5.59. The van der Waals surface area contributed by atoms with E-state index in [0.717, 1.165) is 13.0 Å². The van der Waals surface area contributed by atoms with Crippen LogP contribution in [0.15, 0.2) is 0 Å². The first-order valence-corrected chi connectivity index (χ1v) is 6.81. The summed E-state index contributed by atoms with van der Waals surface area (Å²) in [4.78, 5) is 15.9. The zero-order valence-corrected chi connectivity index (χ0v) is 11.6. The van der Waals surface area contributed by atoms with Crippen LogP contribution >= 0.6 is 11.8 Å². The summed E-state index contributed by atoms with van der Waals surface area (Å²) in [5.41, 5.74) is 0. The molecule has 0 aromatic heterocycles. The Morgan fingerprint density at radius 1 is 1.53 bits per heavy atom. The summed E-state index contributed by atoms with van der Waals surface area (Å²) in [6, 6.07) is 2.01. The van der Waals surface area contributed by atoms with E-state index in [1.165, 1.54) is 0 Å². The van der Waals surface area contributed by atoms with Crippen molar-refractivity contribution >= 4 is 17.7 Å². The molecule has 2 saturated heterocycles. The molecular weight excluding hydrogens is 234 g/mol. The van der Waals surface area contributed by atoms with Gasteiger partial charge in [-0.2, -0.15) is 5.26 Å². The van der Waals surface area contributed by atoms with Crippen LogP contribution in [0, 0.1) is 17.2 Å². The Morgan fingerprint density at radius 2 is 2.18 bits per heavy atom. The van der Waals surface area contributed by atoms with Crippen LogP contribution in [-0.2, 0) is 4.79 Å². The highest BCUT2D eigenvalue weighted by Crippen LogP contribution is 2.53. The van der Waals surface area contributed by atoms with E-state index in [1.807, 2.05) is 14.1 Å². The third kappa shape index (κ3) is 1.94. The summed E-state index contributed by atoms with van der Waals surface area (Å²) in [5.74, 6) is 0.279. The highest BCUT2D eigenvalue weighted by atomic mass is 32.2. The first-order valence-electron chi connectivity index (χ1n) is 5.93. The number of amides is 1. The molecule has 5 heteroatoms. The lowest BCUT2D eigenvalue weighted by molar-refractivity contribution is -0.152. The van der Waals surface area contributed by atoms with Gasteiger partial charge < -0.3 is 9.80 Å². The Morgan fingerprint density at radius 3 is 2.71 bits per heavy atom. The largest absolute Gasteiger partial charge is 0.312 e. The number of nitriles is 1. The number of carbonyl (C=O) groups excluding carboxylic acids is 1. The lowest BCUT2D eigenvalue weighted by Gasteiger charge is -2.43. The van der Waals surface area contributed by atoms with Gasteiger partial charge in [0.2, 0.25) is 5.91 Å². The van der Waals surface area contributed by atoms with Crippen LogP contribution in [0.2, 0.25) is 0 Å². The predicted molar refractivity (Wildman–Crippen MR) is 68.4 cm³/mol. The van der Waals surface area contributed by atoms with Crippen LogP contribution in [0.4, 0.5) is 0 Å². The number of nitrogens with zero attached hydrogens (tertiary/aromatic N) is 3. The van der Waals surface area contributed by atoms with Gasteiger partial charge in [0.1, 0.15) is 6.04 Å². The van der Waals surface area contributed by atoms with E-state index < -0.39 is 0 Å². The van der Waals surface area contributed by atoms with Gasteiger partial charge in [0, 0.05) is 4.75 Å². The minimum atomic E-state index is -0.263. The van der Waals surface area contributed by atoms with E-state index in [2.05, 4.69) is 24.8 Å². The maximum Gasteiger partial charge on any atom is 0.230 e. The van der Waals surface area contributed by atoms with Gasteiger partial charge in [-0.1, -0.05) is 0 Å². The molecule has 2 heterocycles. The maximum atomic E-state index is 12.1. The van der Waals surface area contributed by atoms with E-state index in [4.69, 9.17) is 0 Å². The topological polar surface area (TPSA) is 47.3 Å². The molecule has 0 N–H and O–H groups in total. The Hall–Kier alpha value is -0.730. The van der Waals surface area contributed by atoms with Gasteiger partial charge in [0.15, 0.2) is 0 Å². The van der Waals surface area contributed by atoms with Crippen molar-refractivity contribution in [1.29, 1.82) is 5.26 Å². The van der Waals surface area contributed by atoms with Crippen molar-refractivity contribution in [2.75, 3.05) is 20.6 Å². The summed E-state index contributed by atoms with van der Waals surface area (Å²) in [7, 11) is 4.04. The quantitative estimate of drug-likeness (QED) is 0.708. The highest BCUT2D eigenvalue weighted by Gasteiger charge is 2.61. The Kier molecular flexibility index (Phi) is 3.13. The molecule has 0 aliphatic carbocycles. The average Bonchev–Trinajstić information content (AvgIpc) is 2.46. The molecule has 0 bridgehead atoms. The number of thioether (sulfide) groups is 1. The van der Waals surface area contributed by atoms with Gasteiger partial charge in [-0.3, -0.25) is 4.79 Å². The number of rotatable bonds is 3. The lowest BCUT2D eigenvalue weighted by Crippen LogP contribution is -2.60. The van der Waals surface area contributed by atoms with Crippen LogP contribution in [0.3, 0.4) is 0 Å². The molecule has 0 aromatic rings. The van der Waals surface area contributed by atoms with Crippen LogP contribution in [0.5, 0.6) is 0 Å². The molecular formula is C12H19N3OS. The Bertz CT molecular complexity index is 374. The molecule has 17 heavy (non-hydrogen) atoms. The fourth-order valence-electron chi connectivity index (χ4n) is 2.56. The smallest absolute Gasteiger partial charge is 0.230 e. The third-order valence-electron chi connectivity index (χ3n) is 3.56. The molecule has 3 atom stereocenters. The van der Waals surface area contributed by atoms with Gasteiger partial charge in [-0.25, -0.2) is 0 Å². The van der Waals surface area contributed by atoms with Crippen molar-refractivity contribution in [2.45, 2.75) is 36.4 Å². The fraction of sp³-hybridized carbons (Fsp3) is 0.833. The number of hydrogen-bond acceptors (Lipinski definition) is 4. The third-order valence-corrected chi connectivity index (χ3v) is 5.19. The molecule has 94 valence electrons. The molecule has 0 aromatic carbocycles. The van der Waals surface area contributed by atoms with Crippen LogP contribution < -0.4 is 0 Å². The van der Waals surface area contributed by atoms with Gasteiger partial charge >= 0.3 is 0 Å². The van der Waals surface area contributed by atoms with E-state index >= 15 is 0 Å². The molecule has 2 fully saturated rings. The van der Waals surface area contributed by atoms with Gasteiger partial charge in [-0.05, 0) is 40.9 Å². The number of hydrogen-bond donors (Lipinski definition) is 0. The Labute approximate surface area is 107 Å². The molecule has 2 aliphatic heterocycles. The van der Waals surface area contributed by atoms with E-state index in [1.54, 1.807) is 16.7 Å². The second kappa shape index (κ2) is 4.18. The van der Waals surface area contributed by atoms with Crippen molar-refractivity contribution in [3.05, 3.63) is 0 Å². The summed E-state index contributed by atoms with van der Waals surface area (Å²) in [6.45, 7) is 5.04. The highest BCUT2D eigenvalue weighted by molar-refractivity contribution is 8.01. The molecule has 2 aliphatic rings. The monoisotopic (exact) mass is 253 g/mol. The van der Waals surface area contributed by atoms with Crippen molar-refractivity contribution in [1.82, 2.24) is 9.80 Å². The summed E-state index contributed by atoms with van der Waals surface area (Å²) >= 11 is 1.78. The number of carbonyl (C=O) groups is 1. The molecule has 0 spiro atoms. The lowest BCUT2D eigenvalue weighted by atomic mass is 9.90. The zero-order valence-electron chi connectivity index (χ0n) is 10.8. The molecule has 0 saturated carbocycles. The minimum absolute atomic E-state index is 0.111. The fourth-order valence-corrected chi connectivity index (χ4v) is 4.23. The molecule has 0 radical (unpaired) electrons. The zero-order chi connectivity index (χ0) is 12.8. The molecule has 0 unspecified atom stereocenters. The standard InChI is InChI=1S/C12H19N3OS/c1-12(2)9(7-13)15-10(16)8(11(15)17-12)5-6-14(3)4/h8-9,11H,5-6H2,1-4H3/t8-,9+,11-/m1/s1. The van der Waals surface area contributed by atoms with Crippen molar-refractivity contribution in [3.8, 4) is 6.07 Å². The number of fused-ring (bicyclic) bond motifs is 1. The van der Waals surface area contributed by atoms with E-state index in [-0.39, 0.29) is 28.0 Å². The first-order chi connectivity index (χ1) is 7.88. The normalized spacial score (nSPS) is 34.5. The maximum absolute atomic E-state index is 12.1. The van der Waals surface area contributed by atoms with Crippen molar-refractivity contribution in [3.63, 3.8) is 0 Å². The van der Waals surface area contributed by atoms with Gasteiger partial charge in [0.05, 0.1) is 17.4 Å². The summed E-state index contributed by atoms with van der Waals surface area (Å²) < 4.78 is -0.137. The van der Waals surface area contributed by atoms with Crippen LogP contribution in [-0.4, -0.2) is 52.5 Å². The van der Waals surface area contributed by atoms with Gasteiger partial charge in [-0.15, -0.1) is 11.8 Å². The van der Waals surface area contributed by atoms with Crippen LogP contribution in [0.25, 0.3) is 0 Å². The first kappa shape index (κ1) is 12.7. The van der Waals surface area contributed by atoms with Crippen molar-refractivity contribution < 1.29 is 4.79 Å². The van der Waals surface area contributed by atoms with Crippen LogP contribution in [0.1, 0.15) is 20.3 Å². The second-order valence-corrected chi connectivity index (χ2v) is 7.36. The average molecular weight is 253 g/mol.